The van der Waals surface area contributed by atoms with Crippen LogP contribution in [0.1, 0.15) is 49.2 Å². The lowest BCUT2D eigenvalue weighted by Crippen LogP contribution is -2.41. The molecule has 0 unspecified atom stereocenters. The largest absolute Gasteiger partial charge is 0.495 e. The van der Waals surface area contributed by atoms with Gasteiger partial charge in [-0.05, 0) is 81.9 Å². The first kappa shape index (κ1) is 20.9. The van der Waals surface area contributed by atoms with E-state index < -0.39 is 18.3 Å². The molecule has 1 fully saturated rings. The van der Waals surface area contributed by atoms with Crippen LogP contribution < -0.4 is 15.3 Å². The first-order valence-electron chi connectivity index (χ1n) is 10.6. The Kier molecular flexibility index (Phi) is 4.98. The molecule has 2 aliphatic rings. The van der Waals surface area contributed by atoms with Crippen molar-refractivity contribution in [1.29, 1.82) is 0 Å². The first-order valence-corrected chi connectivity index (χ1v) is 10.6. The zero-order chi connectivity index (χ0) is 21.8. The number of amides is 1. The average molecular weight is 406 g/mol. The smallest absolute Gasteiger partial charge is 0.399 e. The van der Waals surface area contributed by atoms with E-state index in [9.17, 15) is 4.79 Å². The van der Waals surface area contributed by atoms with Crippen LogP contribution in [0.5, 0.6) is 0 Å². The number of anilines is 2. The SMILES string of the molecule is Cc1c(B2OC(C)(C)C(C)(C)O2)cccc1N1CCc2cc(N(C)C)ccc2C1=O. The maximum atomic E-state index is 13.3. The molecule has 6 heteroatoms. The Morgan fingerprint density at radius 3 is 2.33 bits per heavy atom. The van der Waals surface area contributed by atoms with Gasteiger partial charge in [-0.25, -0.2) is 0 Å². The second kappa shape index (κ2) is 7.14. The molecule has 1 amide bonds. The van der Waals surface area contributed by atoms with Gasteiger partial charge in [0, 0.05) is 37.6 Å². The fraction of sp³-hybridized carbons (Fsp3) is 0.458. The molecule has 0 aromatic heterocycles. The zero-order valence-electron chi connectivity index (χ0n) is 19.1. The van der Waals surface area contributed by atoms with Gasteiger partial charge in [-0.2, -0.15) is 0 Å². The lowest BCUT2D eigenvalue weighted by molar-refractivity contribution is 0.00578. The fourth-order valence-electron chi connectivity index (χ4n) is 4.14. The number of carbonyl (C=O) groups excluding carboxylic acids is 1. The maximum absolute atomic E-state index is 13.3. The Morgan fingerprint density at radius 1 is 1.03 bits per heavy atom. The minimum atomic E-state index is -0.440. The summed E-state index contributed by atoms with van der Waals surface area (Å²) >= 11 is 0. The standard InChI is InChI=1S/C24H31BN2O3/c1-16-20(25-29-23(2,3)24(4,5)30-25)9-8-10-21(16)27-14-13-17-15-18(26(6)7)11-12-19(17)22(27)28/h8-12,15H,13-14H2,1-7H3. The maximum Gasteiger partial charge on any atom is 0.495 e. The molecule has 2 aromatic carbocycles. The molecule has 30 heavy (non-hydrogen) atoms. The summed E-state index contributed by atoms with van der Waals surface area (Å²) in [6, 6.07) is 12.1. The van der Waals surface area contributed by atoms with Gasteiger partial charge in [0.2, 0.25) is 0 Å². The van der Waals surface area contributed by atoms with Crippen molar-refractivity contribution in [2.75, 3.05) is 30.4 Å². The predicted octanol–water partition coefficient (Wildman–Crippen LogP) is 3.56. The molecule has 0 spiro atoms. The summed E-state index contributed by atoms with van der Waals surface area (Å²) < 4.78 is 12.5. The predicted molar refractivity (Wildman–Crippen MR) is 123 cm³/mol. The van der Waals surface area contributed by atoms with Crippen molar-refractivity contribution < 1.29 is 14.1 Å². The normalized spacial score (nSPS) is 19.8. The van der Waals surface area contributed by atoms with Gasteiger partial charge in [-0.1, -0.05) is 12.1 Å². The van der Waals surface area contributed by atoms with Crippen LogP contribution in [0.25, 0.3) is 0 Å². The van der Waals surface area contributed by atoms with Gasteiger partial charge in [0.25, 0.3) is 5.91 Å². The third-order valence-corrected chi connectivity index (χ3v) is 6.83. The topological polar surface area (TPSA) is 42.0 Å². The monoisotopic (exact) mass is 406 g/mol. The van der Waals surface area contributed by atoms with E-state index in [1.54, 1.807) is 0 Å². The van der Waals surface area contributed by atoms with Gasteiger partial charge >= 0.3 is 7.12 Å². The van der Waals surface area contributed by atoms with Crippen LogP contribution >= 0.6 is 0 Å². The van der Waals surface area contributed by atoms with E-state index >= 15 is 0 Å². The summed E-state index contributed by atoms with van der Waals surface area (Å²) in [5.41, 5.74) is 5.15. The van der Waals surface area contributed by atoms with Crippen molar-refractivity contribution in [3.63, 3.8) is 0 Å². The Balaban J connectivity index is 1.66. The number of hydrogen-bond acceptors (Lipinski definition) is 4. The Morgan fingerprint density at radius 2 is 1.70 bits per heavy atom. The molecule has 0 saturated carbocycles. The van der Waals surface area contributed by atoms with Crippen LogP contribution in [-0.2, 0) is 15.7 Å². The number of hydrogen-bond donors (Lipinski definition) is 0. The van der Waals surface area contributed by atoms with E-state index in [1.807, 2.05) is 56.3 Å². The van der Waals surface area contributed by atoms with Gasteiger partial charge in [0.15, 0.2) is 0 Å². The summed E-state index contributed by atoms with van der Waals surface area (Å²) in [6.45, 7) is 10.9. The highest BCUT2D eigenvalue weighted by Gasteiger charge is 2.52. The van der Waals surface area contributed by atoms with Crippen LogP contribution in [0.3, 0.4) is 0 Å². The van der Waals surface area contributed by atoms with Gasteiger partial charge in [-0.15, -0.1) is 0 Å². The first-order chi connectivity index (χ1) is 14.0. The number of nitrogens with zero attached hydrogens (tertiary/aromatic N) is 2. The second-order valence-corrected chi connectivity index (χ2v) is 9.52. The van der Waals surface area contributed by atoms with Gasteiger partial charge in [0.1, 0.15) is 0 Å². The molecule has 0 aliphatic carbocycles. The van der Waals surface area contributed by atoms with E-state index in [0.717, 1.165) is 39.9 Å². The molecule has 4 rings (SSSR count). The lowest BCUT2D eigenvalue weighted by Gasteiger charge is -2.32. The summed E-state index contributed by atoms with van der Waals surface area (Å²) in [5, 5.41) is 0. The van der Waals surface area contributed by atoms with Crippen molar-refractivity contribution in [3.05, 3.63) is 53.1 Å². The molecule has 5 nitrogen and oxygen atoms in total. The quantitative estimate of drug-likeness (QED) is 0.731. The average Bonchev–Trinajstić information content (AvgIpc) is 2.89. The lowest BCUT2D eigenvalue weighted by atomic mass is 9.75. The molecular formula is C24H31BN2O3. The van der Waals surface area contributed by atoms with Crippen molar-refractivity contribution in [2.45, 2.75) is 52.2 Å². The Hall–Kier alpha value is -2.31. The van der Waals surface area contributed by atoms with Gasteiger partial charge in [-0.3, -0.25) is 4.79 Å². The Labute approximate surface area is 180 Å². The van der Waals surface area contributed by atoms with Crippen LogP contribution in [0, 0.1) is 6.92 Å². The molecule has 0 bridgehead atoms. The highest BCUT2D eigenvalue weighted by atomic mass is 16.7. The molecule has 2 aliphatic heterocycles. The van der Waals surface area contributed by atoms with E-state index in [-0.39, 0.29) is 5.91 Å². The molecule has 0 atom stereocenters. The number of carbonyl (C=O) groups is 1. The van der Waals surface area contributed by atoms with E-state index in [2.05, 4.69) is 38.7 Å². The van der Waals surface area contributed by atoms with Gasteiger partial charge in [0.05, 0.1) is 11.2 Å². The molecule has 0 radical (unpaired) electrons. The second-order valence-electron chi connectivity index (χ2n) is 9.52. The minimum absolute atomic E-state index is 0.0516. The highest BCUT2D eigenvalue weighted by molar-refractivity contribution is 6.62. The third kappa shape index (κ3) is 3.32. The number of fused-ring (bicyclic) bond motifs is 1. The highest BCUT2D eigenvalue weighted by Crippen LogP contribution is 2.37. The van der Waals surface area contributed by atoms with Crippen LogP contribution in [0.15, 0.2) is 36.4 Å². The molecule has 0 N–H and O–H groups in total. The fourth-order valence-corrected chi connectivity index (χ4v) is 4.14. The van der Waals surface area contributed by atoms with Gasteiger partial charge < -0.3 is 19.1 Å². The number of benzene rings is 2. The van der Waals surface area contributed by atoms with Crippen molar-refractivity contribution in [2.24, 2.45) is 0 Å². The summed E-state index contributed by atoms with van der Waals surface area (Å²) in [4.78, 5) is 17.3. The summed E-state index contributed by atoms with van der Waals surface area (Å²) in [6.07, 6.45) is 0.836. The number of rotatable bonds is 3. The minimum Gasteiger partial charge on any atom is -0.399 e. The molecule has 1 saturated heterocycles. The van der Waals surface area contributed by atoms with Crippen molar-refractivity contribution in [1.82, 2.24) is 0 Å². The zero-order valence-corrected chi connectivity index (χ0v) is 19.1. The summed E-state index contributed by atoms with van der Waals surface area (Å²) in [5.74, 6) is 0.0516. The van der Waals surface area contributed by atoms with E-state index in [1.165, 1.54) is 0 Å². The third-order valence-electron chi connectivity index (χ3n) is 6.83. The van der Waals surface area contributed by atoms with Crippen LogP contribution in [0.4, 0.5) is 11.4 Å². The van der Waals surface area contributed by atoms with Crippen LogP contribution in [-0.4, -0.2) is 44.9 Å². The van der Waals surface area contributed by atoms with Crippen molar-refractivity contribution in [3.8, 4) is 0 Å². The summed E-state index contributed by atoms with van der Waals surface area (Å²) in [7, 11) is 3.59. The van der Waals surface area contributed by atoms with Crippen LogP contribution in [0.2, 0.25) is 0 Å². The molecule has 2 aromatic rings. The molecule has 158 valence electrons. The van der Waals surface area contributed by atoms with E-state index in [0.29, 0.717) is 6.54 Å². The molecular weight excluding hydrogens is 375 g/mol. The van der Waals surface area contributed by atoms with E-state index in [4.69, 9.17) is 9.31 Å². The Bertz CT molecular complexity index is 984. The molecule has 2 heterocycles. The van der Waals surface area contributed by atoms with Crippen molar-refractivity contribution >= 4 is 29.9 Å².